The number of halogens is 6. The van der Waals surface area contributed by atoms with Gasteiger partial charge in [-0.05, 0) is 98.1 Å². The zero-order chi connectivity index (χ0) is 75.5. The molecule has 5 aromatic carbocycles. The first kappa shape index (κ1) is 81.4. The SMILES string of the molecule is CC(C)n1nc(-c2ccc(Oc3cc(F)cc(OCc4cncn4C)c3)cc2F)c2c(N)ncnc21.CN(C)CC(=O)O.COC(OC)OC.N.[C-]#[N+]c1c(-c2ccc(Br)cc2F)nn(C(C)C)c1N.[C-]#[N+]c1c(-c2ccc(Oc3cc(F)cc(OCc4cncn4C)c3)cc2F)nn(C(C)C)c1N. The van der Waals surface area contributed by atoms with E-state index in [1.807, 2.05) is 55.6 Å². The van der Waals surface area contributed by atoms with E-state index in [4.69, 9.17) is 54.4 Å². The Morgan fingerprint density at radius 2 is 0.981 bits per heavy atom. The zero-order valence-electron chi connectivity index (χ0n) is 59.1. The van der Waals surface area contributed by atoms with Crippen molar-refractivity contribution in [2.75, 3.05) is 59.2 Å². The van der Waals surface area contributed by atoms with E-state index in [1.54, 1.807) is 76.1 Å². The van der Waals surface area contributed by atoms with E-state index in [9.17, 15) is 22.4 Å². The number of nitrogens with two attached hydrogens (primary N) is 3. The molecule has 0 unspecified atom stereocenters. The van der Waals surface area contributed by atoms with Crippen molar-refractivity contribution >= 4 is 61.8 Å². The molecule has 34 heteroatoms. The number of carboxylic acids is 1. The maximum Gasteiger partial charge on any atom is 0.317 e. The molecule has 11 rings (SSSR count). The lowest BCUT2D eigenvalue weighted by Gasteiger charge is -2.11. The van der Waals surface area contributed by atoms with E-state index in [-0.39, 0.29) is 135 Å². The molecule has 0 saturated carbocycles. The second kappa shape index (κ2) is 37.4. The van der Waals surface area contributed by atoms with Crippen LogP contribution in [0.15, 0.2) is 127 Å². The number of aromatic nitrogens is 12. The Morgan fingerprint density at radius 1 is 0.577 bits per heavy atom. The summed E-state index contributed by atoms with van der Waals surface area (Å²) in [5.74, 6) is -1.78. The number of imidazole rings is 2. The molecule has 0 aliphatic rings. The predicted octanol–water partition coefficient (Wildman–Crippen LogP) is 14.9. The summed E-state index contributed by atoms with van der Waals surface area (Å²) in [5.41, 5.74) is 21.8. The molecule has 0 radical (unpaired) electrons. The molecule has 104 heavy (non-hydrogen) atoms. The molecule has 550 valence electrons. The van der Waals surface area contributed by atoms with Crippen molar-refractivity contribution in [2.45, 2.75) is 79.4 Å². The number of aliphatic carboxylic acids is 1. The fourth-order valence-corrected chi connectivity index (χ4v) is 9.86. The second-order valence-electron chi connectivity index (χ2n) is 23.4. The summed E-state index contributed by atoms with van der Waals surface area (Å²) in [5, 5.41) is 21.6. The standard InChI is InChI=1S/C25H23F2N7O2.C24H22F2N6O2.C13H12BrFN4.C4H9NO2.C4H10O3.H3N/c1-14(2)34-25-22(24(28)30-12-31-25)23(32-34)20-5-4-17(9-21(20)27)36-19-7-15(26)6-18(8-19)35-11-16-10-29-13-33(16)3;1-14(2)32-24(27)23(28-3)22(30-32)20-6-5-17(10-21(20)26)34-19-8-15(25)7-18(9-19)33-12-16-11-29-13-31(16)4;1-7(2)19-13(16)12(17-3)11(18-19)9-5-4-8(14)6-10(9)15;1-5(2)3-4(6)7;1-5-4(6-2)7-3;/h4-10,12-14H,11H2,1-3H3,(H2,28,30,31);5-11,13-14H,12,27H2,1-2,4H3;4-7H,16H2,1-2H3;3H2,1-2H3,(H,6,7);4H,1-3H3;1H3. The molecule has 10 N–H and O–H groups in total. The highest BCUT2D eigenvalue weighted by molar-refractivity contribution is 9.10. The highest BCUT2D eigenvalue weighted by Gasteiger charge is 2.25. The van der Waals surface area contributed by atoms with E-state index in [1.165, 1.54) is 104 Å². The number of carboxylic acid groups (broad SMARTS) is 1. The monoisotopic (exact) mass is 1500 g/mol. The third-order valence-electron chi connectivity index (χ3n) is 14.4. The summed E-state index contributed by atoms with van der Waals surface area (Å²) in [7, 11) is 11.6. The summed E-state index contributed by atoms with van der Waals surface area (Å²) in [6, 6.07) is 20.8. The first-order chi connectivity index (χ1) is 49.0. The van der Waals surface area contributed by atoms with Crippen LogP contribution in [0.3, 0.4) is 0 Å². The lowest BCUT2D eigenvalue weighted by molar-refractivity contribution is -0.252. The van der Waals surface area contributed by atoms with Gasteiger partial charge in [-0.15, -0.1) is 0 Å². The first-order valence-electron chi connectivity index (χ1n) is 31.1. The van der Waals surface area contributed by atoms with Gasteiger partial charge in [-0.25, -0.2) is 56.3 Å². The van der Waals surface area contributed by atoms with Crippen LogP contribution in [-0.2, 0) is 46.3 Å². The van der Waals surface area contributed by atoms with Gasteiger partial charge in [0.15, 0.2) is 5.65 Å². The van der Waals surface area contributed by atoms with E-state index in [2.05, 4.69) is 75.1 Å². The highest BCUT2D eigenvalue weighted by atomic mass is 79.9. The van der Waals surface area contributed by atoms with Gasteiger partial charge >= 0.3 is 5.97 Å². The van der Waals surface area contributed by atoms with E-state index >= 15 is 4.39 Å². The lowest BCUT2D eigenvalue weighted by Crippen LogP contribution is -2.20. The summed E-state index contributed by atoms with van der Waals surface area (Å²) < 4.78 is 118. The molecule has 0 aliphatic heterocycles. The molecule has 11 aromatic rings. The van der Waals surface area contributed by atoms with Gasteiger partial charge in [0.05, 0.1) is 61.5 Å². The molecule has 6 heterocycles. The van der Waals surface area contributed by atoms with Gasteiger partial charge in [0.2, 0.25) is 0 Å². The Balaban J connectivity index is 0.000000230. The molecule has 0 amide bonds. The van der Waals surface area contributed by atoms with Gasteiger partial charge in [0.1, 0.15) is 118 Å². The number of anilines is 3. The van der Waals surface area contributed by atoms with Crippen LogP contribution in [0.25, 0.3) is 54.5 Å². The van der Waals surface area contributed by atoms with Crippen LogP contribution in [-0.4, -0.2) is 123 Å². The van der Waals surface area contributed by atoms with Crippen molar-refractivity contribution in [2.24, 2.45) is 14.1 Å². The number of aryl methyl sites for hydroxylation is 2. The topological polar surface area (TPSA) is 342 Å². The number of methoxy groups -OCH3 is 3. The third kappa shape index (κ3) is 21.1. The van der Waals surface area contributed by atoms with Crippen molar-refractivity contribution in [1.82, 2.24) is 69.5 Å². The Morgan fingerprint density at radius 3 is 1.33 bits per heavy atom. The molecule has 0 aliphatic carbocycles. The maximum absolute atomic E-state index is 15.3. The van der Waals surface area contributed by atoms with Crippen LogP contribution < -0.4 is 42.3 Å². The fraction of sp³-hybridized carbons (Fsp3) is 0.286. The number of ether oxygens (including phenoxy) is 7. The second-order valence-corrected chi connectivity index (χ2v) is 24.3. The number of fused-ring (bicyclic) bond motifs is 1. The van der Waals surface area contributed by atoms with Gasteiger partial charge in [0.25, 0.3) is 17.9 Å². The van der Waals surface area contributed by atoms with E-state index < -0.39 is 41.5 Å². The molecule has 28 nitrogen and oxygen atoms in total. The molecular formula is C70H79BrF5N19O9. The number of benzene rings is 5. The van der Waals surface area contributed by atoms with Crippen molar-refractivity contribution in [3.63, 3.8) is 0 Å². The van der Waals surface area contributed by atoms with E-state index in [0.717, 1.165) is 17.5 Å². The average molecular weight is 1510 g/mol. The van der Waals surface area contributed by atoms with Crippen molar-refractivity contribution in [1.29, 1.82) is 0 Å². The summed E-state index contributed by atoms with van der Waals surface area (Å²) >= 11 is 3.20. The predicted molar refractivity (Wildman–Crippen MR) is 385 cm³/mol. The number of nitrogens with zero attached hydrogens (tertiary/aromatic N) is 15. The maximum atomic E-state index is 15.3. The highest BCUT2D eigenvalue weighted by Crippen LogP contribution is 2.41. The van der Waals surface area contributed by atoms with Crippen LogP contribution in [0, 0.1) is 42.2 Å². The van der Waals surface area contributed by atoms with Gasteiger partial charge in [-0.1, -0.05) is 15.9 Å². The smallest absolute Gasteiger partial charge is 0.317 e. The molecule has 6 aromatic heterocycles. The Bertz CT molecular complexity index is 4800. The fourth-order valence-electron chi connectivity index (χ4n) is 9.53. The normalized spacial score (nSPS) is 10.8. The molecule has 0 bridgehead atoms. The number of hydrogen-bond acceptors (Lipinski definition) is 20. The molecule has 0 spiro atoms. The summed E-state index contributed by atoms with van der Waals surface area (Å²) in [6.07, 6.45) is 7.95. The third-order valence-corrected chi connectivity index (χ3v) is 14.9. The van der Waals surface area contributed by atoms with Crippen LogP contribution >= 0.6 is 15.9 Å². The number of nitrogen functional groups attached to an aromatic ring is 3. The van der Waals surface area contributed by atoms with Crippen molar-refractivity contribution < 1.29 is 65.0 Å². The Labute approximate surface area is 604 Å². The van der Waals surface area contributed by atoms with Gasteiger partial charge < -0.3 is 70.8 Å². The minimum atomic E-state index is -0.787. The molecule has 0 atom stereocenters. The molecule has 0 saturated heterocycles. The van der Waals surface area contributed by atoms with Crippen molar-refractivity contribution in [3.8, 4) is 68.3 Å². The van der Waals surface area contributed by atoms with Gasteiger partial charge in [-0.3, -0.25) is 19.1 Å². The summed E-state index contributed by atoms with van der Waals surface area (Å²) in [6.45, 7) is 26.0. The Kier molecular flexibility index (Phi) is 29.3. The molecular weight excluding hydrogens is 1430 g/mol. The first-order valence-corrected chi connectivity index (χ1v) is 31.9. The van der Waals surface area contributed by atoms with E-state index in [0.29, 0.717) is 21.2 Å². The van der Waals surface area contributed by atoms with Crippen LogP contribution in [0.4, 0.5) is 50.8 Å². The Hall–Kier alpha value is -11.5. The number of carbonyl (C=O) groups is 1. The quantitative estimate of drug-likeness (QED) is 0.0253. The van der Waals surface area contributed by atoms with Crippen LogP contribution in [0.1, 0.15) is 71.1 Å². The number of likely N-dealkylation sites (N-methyl/N-ethyl adjacent to an activating group) is 1. The lowest BCUT2D eigenvalue weighted by atomic mass is 10.1. The van der Waals surface area contributed by atoms with Gasteiger partial charge in [-0.2, -0.15) is 15.3 Å². The summed E-state index contributed by atoms with van der Waals surface area (Å²) in [4.78, 5) is 34.5. The molecule has 0 fully saturated rings. The van der Waals surface area contributed by atoms with Gasteiger partial charge in [0, 0.05) is 123 Å². The minimum Gasteiger partial charge on any atom is -0.487 e. The van der Waals surface area contributed by atoms with Crippen molar-refractivity contribution in [3.05, 3.63) is 190 Å². The zero-order valence-corrected chi connectivity index (χ0v) is 60.7. The number of hydrogen-bond donors (Lipinski definition) is 5. The number of rotatable bonds is 21. The average Bonchev–Trinajstić information content (AvgIpc) is 1.58. The largest absolute Gasteiger partial charge is 0.487 e. The van der Waals surface area contributed by atoms with Crippen LogP contribution in [0.2, 0.25) is 0 Å². The minimum absolute atomic E-state index is 0. The van der Waals surface area contributed by atoms with Crippen LogP contribution in [0.5, 0.6) is 34.5 Å².